The molecule has 0 spiro atoms. The van der Waals surface area contributed by atoms with Crippen molar-refractivity contribution in [3.63, 3.8) is 0 Å². The number of carbonyl (C=O) groups is 2. The number of rotatable bonds is 2. The average Bonchev–Trinajstić information content (AvgIpc) is 2.64. The minimum atomic E-state index is -0.587. The lowest BCUT2D eigenvalue weighted by Gasteiger charge is -2.38. The fourth-order valence-electron chi connectivity index (χ4n) is 1.45. The van der Waals surface area contributed by atoms with Gasteiger partial charge in [0, 0.05) is 18.0 Å². The minimum Gasteiger partial charge on any atom is -0.364 e. The van der Waals surface area contributed by atoms with Gasteiger partial charge in [-0.15, -0.1) is 11.3 Å². The van der Waals surface area contributed by atoms with Crippen molar-refractivity contribution < 1.29 is 9.59 Å². The minimum absolute atomic E-state index is 0.113. The van der Waals surface area contributed by atoms with E-state index in [-0.39, 0.29) is 17.0 Å². The molecule has 1 atom stereocenters. The van der Waals surface area contributed by atoms with Gasteiger partial charge in [0.15, 0.2) is 5.01 Å². The van der Waals surface area contributed by atoms with Crippen LogP contribution in [0, 0.1) is 0 Å². The van der Waals surface area contributed by atoms with Gasteiger partial charge in [0.1, 0.15) is 5.69 Å². The Morgan fingerprint density at radius 2 is 2.40 bits per heavy atom. The molecule has 1 aromatic heterocycles. The van der Waals surface area contributed by atoms with Gasteiger partial charge in [-0.05, 0) is 13.3 Å². The van der Waals surface area contributed by atoms with E-state index in [1.54, 1.807) is 10.3 Å². The fraction of sp³-hybridized carbons (Fsp3) is 0.444. The summed E-state index contributed by atoms with van der Waals surface area (Å²) in [4.78, 5) is 28.2. The topological polar surface area (TPSA) is 76.3 Å². The van der Waals surface area contributed by atoms with E-state index >= 15 is 0 Å². The zero-order valence-electron chi connectivity index (χ0n) is 8.27. The fourth-order valence-corrected chi connectivity index (χ4v) is 2.09. The molecule has 1 aliphatic heterocycles. The van der Waals surface area contributed by atoms with E-state index in [1.807, 2.05) is 6.92 Å². The van der Waals surface area contributed by atoms with Crippen LogP contribution in [0.5, 0.6) is 0 Å². The van der Waals surface area contributed by atoms with Gasteiger partial charge in [-0.2, -0.15) is 0 Å². The van der Waals surface area contributed by atoms with E-state index in [2.05, 4.69) is 4.98 Å². The number of amides is 2. The average molecular weight is 225 g/mol. The van der Waals surface area contributed by atoms with Crippen molar-refractivity contribution in [3.05, 3.63) is 16.1 Å². The summed E-state index contributed by atoms with van der Waals surface area (Å²) in [7, 11) is 0. The molecule has 1 fully saturated rings. The third kappa shape index (κ3) is 1.72. The SMILES string of the molecule is CC1CCN1C(=O)c1csc(C(N)=O)n1. The van der Waals surface area contributed by atoms with Gasteiger partial charge >= 0.3 is 0 Å². The molecule has 0 bridgehead atoms. The van der Waals surface area contributed by atoms with Crippen molar-refractivity contribution in [1.82, 2.24) is 9.88 Å². The van der Waals surface area contributed by atoms with Crippen LogP contribution in [0.15, 0.2) is 5.38 Å². The molecule has 1 saturated heterocycles. The molecule has 0 saturated carbocycles. The van der Waals surface area contributed by atoms with Crippen molar-refractivity contribution in [2.75, 3.05) is 6.54 Å². The van der Waals surface area contributed by atoms with E-state index < -0.39 is 5.91 Å². The Labute approximate surface area is 90.9 Å². The normalized spacial score (nSPS) is 19.8. The molecule has 1 aromatic rings. The lowest BCUT2D eigenvalue weighted by molar-refractivity contribution is 0.0497. The van der Waals surface area contributed by atoms with Crippen LogP contribution in [0.3, 0.4) is 0 Å². The Morgan fingerprint density at radius 1 is 1.67 bits per heavy atom. The quantitative estimate of drug-likeness (QED) is 0.795. The monoisotopic (exact) mass is 225 g/mol. The second kappa shape index (κ2) is 3.62. The van der Waals surface area contributed by atoms with Gasteiger partial charge in [-0.3, -0.25) is 9.59 Å². The molecule has 15 heavy (non-hydrogen) atoms. The van der Waals surface area contributed by atoms with Crippen LogP contribution in [-0.2, 0) is 0 Å². The van der Waals surface area contributed by atoms with Crippen LogP contribution in [0.2, 0.25) is 0 Å². The molecule has 1 aliphatic rings. The van der Waals surface area contributed by atoms with Crippen LogP contribution >= 0.6 is 11.3 Å². The predicted molar refractivity (Wildman–Crippen MR) is 55.7 cm³/mol. The highest BCUT2D eigenvalue weighted by Crippen LogP contribution is 2.20. The summed E-state index contributed by atoms with van der Waals surface area (Å²) in [6, 6.07) is 0.274. The third-order valence-electron chi connectivity index (χ3n) is 2.51. The number of hydrogen-bond acceptors (Lipinski definition) is 4. The second-order valence-corrected chi connectivity index (χ2v) is 4.40. The molecule has 0 aromatic carbocycles. The first kappa shape index (κ1) is 10.1. The standard InChI is InChI=1S/C9H11N3O2S/c1-5-2-3-12(5)9(14)6-4-15-8(11-6)7(10)13/h4-5H,2-3H2,1H3,(H2,10,13). The van der Waals surface area contributed by atoms with Gasteiger partial charge in [-0.1, -0.05) is 0 Å². The van der Waals surface area contributed by atoms with E-state index in [0.29, 0.717) is 5.69 Å². The molecular formula is C9H11N3O2S. The number of nitrogens with two attached hydrogens (primary N) is 1. The molecular weight excluding hydrogens is 214 g/mol. The first-order valence-electron chi connectivity index (χ1n) is 4.66. The molecule has 2 rings (SSSR count). The first-order valence-corrected chi connectivity index (χ1v) is 5.54. The molecule has 80 valence electrons. The summed E-state index contributed by atoms with van der Waals surface area (Å²) >= 11 is 1.11. The number of likely N-dealkylation sites (tertiary alicyclic amines) is 1. The van der Waals surface area contributed by atoms with Gasteiger partial charge in [0.2, 0.25) is 0 Å². The number of hydrogen-bond donors (Lipinski definition) is 1. The Hall–Kier alpha value is -1.43. The molecule has 2 heterocycles. The van der Waals surface area contributed by atoms with Crippen molar-refractivity contribution in [3.8, 4) is 0 Å². The molecule has 6 heteroatoms. The van der Waals surface area contributed by atoms with E-state index in [9.17, 15) is 9.59 Å². The van der Waals surface area contributed by atoms with Gasteiger partial charge in [0.25, 0.3) is 11.8 Å². The number of primary amides is 1. The highest BCUT2D eigenvalue weighted by atomic mass is 32.1. The number of carbonyl (C=O) groups excluding carboxylic acids is 2. The van der Waals surface area contributed by atoms with Crippen LogP contribution < -0.4 is 5.73 Å². The van der Waals surface area contributed by atoms with E-state index in [1.165, 1.54) is 0 Å². The maximum atomic E-state index is 11.8. The summed E-state index contributed by atoms with van der Waals surface area (Å²) in [6.45, 7) is 2.76. The summed E-state index contributed by atoms with van der Waals surface area (Å²) in [6.07, 6.45) is 1.03. The maximum Gasteiger partial charge on any atom is 0.277 e. The molecule has 2 amide bonds. The summed E-state index contributed by atoms with van der Waals surface area (Å²) in [5.41, 5.74) is 5.38. The summed E-state index contributed by atoms with van der Waals surface area (Å²) < 4.78 is 0. The Bertz CT molecular complexity index is 415. The number of thiazole rings is 1. The Kier molecular flexibility index (Phi) is 2.44. The van der Waals surface area contributed by atoms with Crippen molar-refractivity contribution >= 4 is 23.2 Å². The highest BCUT2D eigenvalue weighted by molar-refractivity contribution is 7.11. The molecule has 1 unspecified atom stereocenters. The first-order chi connectivity index (χ1) is 7.09. The summed E-state index contributed by atoms with van der Waals surface area (Å²) in [5.74, 6) is -0.701. The highest BCUT2D eigenvalue weighted by Gasteiger charge is 2.30. The van der Waals surface area contributed by atoms with Crippen LogP contribution in [0.25, 0.3) is 0 Å². The van der Waals surface area contributed by atoms with Crippen molar-refractivity contribution in [1.29, 1.82) is 0 Å². The van der Waals surface area contributed by atoms with E-state index in [4.69, 9.17) is 5.73 Å². The van der Waals surface area contributed by atoms with Crippen LogP contribution in [0.1, 0.15) is 33.6 Å². The van der Waals surface area contributed by atoms with Crippen molar-refractivity contribution in [2.24, 2.45) is 5.73 Å². The zero-order chi connectivity index (χ0) is 11.0. The van der Waals surface area contributed by atoms with Crippen molar-refractivity contribution in [2.45, 2.75) is 19.4 Å². The van der Waals surface area contributed by atoms with Crippen LogP contribution in [0.4, 0.5) is 0 Å². The van der Waals surface area contributed by atoms with Gasteiger partial charge in [-0.25, -0.2) is 4.98 Å². The third-order valence-corrected chi connectivity index (χ3v) is 3.37. The number of aromatic nitrogens is 1. The molecule has 0 radical (unpaired) electrons. The Morgan fingerprint density at radius 3 is 2.80 bits per heavy atom. The van der Waals surface area contributed by atoms with Gasteiger partial charge < -0.3 is 10.6 Å². The molecule has 0 aliphatic carbocycles. The van der Waals surface area contributed by atoms with E-state index in [0.717, 1.165) is 24.3 Å². The second-order valence-electron chi connectivity index (χ2n) is 3.54. The lowest BCUT2D eigenvalue weighted by atomic mass is 10.1. The smallest absolute Gasteiger partial charge is 0.277 e. The zero-order valence-corrected chi connectivity index (χ0v) is 9.08. The van der Waals surface area contributed by atoms with Crippen LogP contribution in [-0.4, -0.2) is 34.3 Å². The largest absolute Gasteiger partial charge is 0.364 e. The molecule has 5 nitrogen and oxygen atoms in total. The molecule has 2 N–H and O–H groups in total. The van der Waals surface area contributed by atoms with Gasteiger partial charge in [0.05, 0.1) is 0 Å². The maximum absolute atomic E-state index is 11.8. The Balaban J connectivity index is 2.15. The predicted octanol–water partition coefficient (Wildman–Crippen LogP) is 0.476. The summed E-state index contributed by atoms with van der Waals surface area (Å²) in [5, 5.41) is 1.76. The lowest BCUT2D eigenvalue weighted by Crippen LogP contribution is -2.49. The number of nitrogens with zero attached hydrogens (tertiary/aromatic N) is 2.